The largest absolute Gasteiger partial charge is 0.481 e. The van der Waals surface area contributed by atoms with Crippen molar-refractivity contribution in [1.29, 1.82) is 0 Å². The maximum atomic E-state index is 11.1. The predicted molar refractivity (Wildman–Crippen MR) is 85.1 cm³/mol. The van der Waals surface area contributed by atoms with Crippen molar-refractivity contribution in [2.45, 2.75) is 81.4 Å². The Morgan fingerprint density at radius 3 is 1.14 bits per heavy atom. The van der Waals surface area contributed by atoms with E-state index in [1.165, 1.54) is 0 Å². The minimum Gasteiger partial charge on any atom is -0.481 e. The maximum Gasteiger partial charge on any atom is 0.311 e. The van der Waals surface area contributed by atoms with Gasteiger partial charge in [-0.05, 0) is 69.2 Å². The van der Waals surface area contributed by atoms with Crippen LogP contribution in [-0.2, 0) is 14.3 Å². The minimum atomic E-state index is -0.757. The number of hydrogen-bond acceptors (Lipinski definition) is 4. The Morgan fingerprint density at radius 1 is 0.857 bits per heavy atom. The van der Waals surface area contributed by atoms with Gasteiger partial charge in [-0.3, -0.25) is 9.59 Å². The number of hydrogen-bond donors (Lipinski definition) is 2. The Hall–Kier alpha value is -1.10. The molecule has 0 bridgehead atoms. The Labute approximate surface area is 129 Å². The van der Waals surface area contributed by atoms with Crippen LogP contribution >= 0.6 is 0 Å². The van der Waals surface area contributed by atoms with Crippen LogP contribution in [0.4, 0.5) is 0 Å². The second kappa shape index (κ2) is 10.6. The molecule has 0 amide bonds. The first-order valence-corrected chi connectivity index (χ1v) is 7.14. The predicted octanol–water partition coefficient (Wildman–Crippen LogP) is 3.49. The van der Waals surface area contributed by atoms with Crippen molar-refractivity contribution in [3.8, 4) is 0 Å². The van der Waals surface area contributed by atoms with Crippen molar-refractivity contribution in [1.82, 2.24) is 0 Å². The fourth-order valence-corrected chi connectivity index (χ4v) is 0.391. The molecule has 0 heterocycles. The number of carboxylic acid groups (broad SMARTS) is 1. The highest BCUT2D eigenvalue weighted by molar-refractivity contribution is 5.75. The fourth-order valence-electron chi connectivity index (χ4n) is 0.391. The van der Waals surface area contributed by atoms with Crippen LogP contribution in [0, 0.1) is 10.8 Å². The zero-order valence-electron chi connectivity index (χ0n) is 15.3. The highest BCUT2D eigenvalue weighted by Gasteiger charge is 2.23. The summed E-state index contributed by atoms with van der Waals surface area (Å²) < 4.78 is 4.98. The van der Waals surface area contributed by atoms with Gasteiger partial charge in [0.2, 0.25) is 0 Å². The molecule has 0 aromatic heterocycles. The summed E-state index contributed by atoms with van der Waals surface area (Å²) in [6.45, 7) is 17.7. The van der Waals surface area contributed by atoms with Gasteiger partial charge in [0.25, 0.3) is 0 Å². The van der Waals surface area contributed by atoms with Gasteiger partial charge in [-0.25, -0.2) is 0 Å². The average Bonchev–Trinajstić information content (AvgIpc) is 2.12. The lowest BCUT2D eigenvalue weighted by molar-refractivity contribution is -0.156. The van der Waals surface area contributed by atoms with Crippen LogP contribution in [0.2, 0.25) is 0 Å². The molecular weight excluding hydrogens is 272 g/mol. The number of esters is 1. The standard InChI is InChI=1S/C8H16O2.C5H10O2.C3H8O/c1-6(2)10-7(9)8(3,4)5;1-5(2,3)4(6)7;1-3(2)4/h6H,1-5H3;1-3H3,(H,6,7);3-4H,1-2H3. The quantitative estimate of drug-likeness (QED) is 0.724. The van der Waals surface area contributed by atoms with E-state index in [4.69, 9.17) is 14.9 Å². The summed E-state index contributed by atoms with van der Waals surface area (Å²) in [7, 11) is 0. The highest BCUT2D eigenvalue weighted by Crippen LogP contribution is 2.15. The molecular formula is C16H34O5. The van der Waals surface area contributed by atoms with Crippen molar-refractivity contribution in [2.75, 3.05) is 0 Å². The average molecular weight is 306 g/mol. The van der Waals surface area contributed by atoms with Crippen molar-refractivity contribution >= 4 is 11.9 Å². The summed E-state index contributed by atoms with van der Waals surface area (Å²) >= 11 is 0. The zero-order valence-corrected chi connectivity index (χ0v) is 15.3. The zero-order chi connectivity index (χ0) is 18.0. The Kier molecular flexibility index (Phi) is 12.6. The molecule has 0 radical (unpaired) electrons. The molecule has 0 saturated carbocycles. The maximum absolute atomic E-state index is 11.1. The van der Waals surface area contributed by atoms with Gasteiger partial charge in [-0.15, -0.1) is 0 Å². The summed E-state index contributed by atoms with van der Waals surface area (Å²) in [5, 5.41) is 16.3. The van der Waals surface area contributed by atoms with E-state index in [1.807, 2.05) is 34.6 Å². The Morgan fingerprint density at radius 2 is 1.10 bits per heavy atom. The molecule has 0 aliphatic rings. The monoisotopic (exact) mass is 306 g/mol. The molecule has 0 fully saturated rings. The van der Waals surface area contributed by atoms with Gasteiger partial charge in [0.15, 0.2) is 0 Å². The van der Waals surface area contributed by atoms with Crippen LogP contribution in [-0.4, -0.2) is 34.4 Å². The fraction of sp³-hybridized carbons (Fsp3) is 0.875. The molecule has 0 aliphatic carbocycles. The van der Waals surface area contributed by atoms with Gasteiger partial charge in [0, 0.05) is 6.10 Å². The molecule has 0 aliphatic heterocycles. The van der Waals surface area contributed by atoms with Crippen LogP contribution < -0.4 is 0 Å². The van der Waals surface area contributed by atoms with E-state index < -0.39 is 11.4 Å². The first kappa shape index (κ1) is 24.9. The minimum absolute atomic E-state index is 0.00766. The van der Waals surface area contributed by atoms with Gasteiger partial charge in [-0.2, -0.15) is 0 Å². The molecule has 128 valence electrons. The third-order valence-corrected chi connectivity index (χ3v) is 1.60. The Bertz CT molecular complexity index is 290. The normalized spacial score (nSPS) is 11.1. The van der Waals surface area contributed by atoms with E-state index in [0.29, 0.717) is 0 Å². The Balaban J connectivity index is -0.000000256. The van der Waals surface area contributed by atoms with E-state index in [2.05, 4.69) is 0 Å². The molecule has 0 aromatic rings. The van der Waals surface area contributed by atoms with Crippen LogP contribution in [0.3, 0.4) is 0 Å². The summed E-state index contributed by atoms with van der Waals surface area (Å²) in [4.78, 5) is 21.1. The van der Waals surface area contributed by atoms with E-state index in [9.17, 15) is 9.59 Å². The first-order valence-electron chi connectivity index (χ1n) is 7.14. The molecule has 2 N–H and O–H groups in total. The topological polar surface area (TPSA) is 83.8 Å². The third-order valence-electron chi connectivity index (χ3n) is 1.60. The van der Waals surface area contributed by atoms with Crippen LogP contribution in [0.1, 0.15) is 69.2 Å². The van der Waals surface area contributed by atoms with E-state index >= 15 is 0 Å². The van der Waals surface area contributed by atoms with Gasteiger partial charge in [0.05, 0.1) is 16.9 Å². The molecule has 21 heavy (non-hydrogen) atoms. The summed E-state index contributed by atoms with van der Waals surface area (Å²) in [5.41, 5.74) is -0.954. The lowest BCUT2D eigenvalue weighted by Gasteiger charge is -2.18. The van der Waals surface area contributed by atoms with E-state index in [1.54, 1.807) is 34.6 Å². The molecule has 5 nitrogen and oxygen atoms in total. The lowest BCUT2D eigenvalue weighted by atomic mass is 9.97. The number of carbonyl (C=O) groups is 2. The van der Waals surface area contributed by atoms with Gasteiger partial charge in [-0.1, -0.05) is 0 Å². The smallest absolute Gasteiger partial charge is 0.311 e. The number of aliphatic hydroxyl groups is 1. The number of carbonyl (C=O) groups excluding carboxylic acids is 1. The van der Waals surface area contributed by atoms with E-state index in [0.717, 1.165) is 0 Å². The van der Waals surface area contributed by atoms with Gasteiger partial charge < -0.3 is 14.9 Å². The molecule has 0 unspecified atom stereocenters. The van der Waals surface area contributed by atoms with Gasteiger partial charge in [0.1, 0.15) is 0 Å². The van der Waals surface area contributed by atoms with Crippen LogP contribution in [0.25, 0.3) is 0 Å². The highest BCUT2D eigenvalue weighted by atomic mass is 16.5. The number of ether oxygens (including phenoxy) is 1. The molecule has 0 rings (SSSR count). The molecule has 0 aromatic carbocycles. The number of rotatable bonds is 1. The molecule has 0 atom stereocenters. The second-order valence-corrected chi connectivity index (χ2v) is 7.35. The molecule has 0 saturated heterocycles. The summed E-state index contributed by atoms with van der Waals surface area (Å²) in [6, 6.07) is 0. The van der Waals surface area contributed by atoms with Crippen molar-refractivity contribution in [3.05, 3.63) is 0 Å². The molecule has 5 heteroatoms. The van der Waals surface area contributed by atoms with Crippen molar-refractivity contribution in [2.24, 2.45) is 10.8 Å². The van der Waals surface area contributed by atoms with Crippen LogP contribution in [0.5, 0.6) is 0 Å². The number of aliphatic carboxylic acids is 1. The summed E-state index contributed by atoms with van der Waals surface area (Å²) in [5.74, 6) is -0.894. The number of carboxylic acids is 1. The van der Waals surface area contributed by atoms with Crippen molar-refractivity contribution < 1.29 is 24.5 Å². The first-order chi connectivity index (χ1) is 9.01. The van der Waals surface area contributed by atoms with E-state index in [-0.39, 0.29) is 23.6 Å². The second-order valence-electron chi connectivity index (χ2n) is 7.35. The molecule has 0 spiro atoms. The van der Waals surface area contributed by atoms with Gasteiger partial charge >= 0.3 is 11.9 Å². The van der Waals surface area contributed by atoms with Crippen LogP contribution in [0.15, 0.2) is 0 Å². The SMILES string of the molecule is CC(C)(C)C(=O)O.CC(C)O.CC(C)OC(=O)C(C)(C)C. The lowest BCUT2D eigenvalue weighted by Crippen LogP contribution is -2.25. The summed E-state index contributed by atoms with van der Waals surface area (Å²) in [6.07, 6.45) is -0.174. The van der Waals surface area contributed by atoms with Crippen molar-refractivity contribution in [3.63, 3.8) is 0 Å². The third kappa shape index (κ3) is 24.3. The number of aliphatic hydroxyl groups excluding tert-OH is 1.